The van der Waals surface area contributed by atoms with E-state index in [0.29, 0.717) is 29.6 Å². The molecule has 2 aromatic rings. The lowest BCUT2D eigenvalue weighted by Crippen LogP contribution is -2.48. The molecule has 2 unspecified atom stereocenters. The van der Waals surface area contributed by atoms with Gasteiger partial charge in [-0.15, -0.1) is 0 Å². The number of para-hydroxylation sites is 1. The van der Waals surface area contributed by atoms with Gasteiger partial charge >= 0.3 is 0 Å². The van der Waals surface area contributed by atoms with Gasteiger partial charge in [-0.2, -0.15) is 0 Å². The van der Waals surface area contributed by atoms with E-state index in [2.05, 4.69) is 0 Å². The highest BCUT2D eigenvalue weighted by atomic mass is 32.2. The summed E-state index contributed by atoms with van der Waals surface area (Å²) in [7, 11) is 0. The highest BCUT2D eigenvalue weighted by Gasteiger charge is 2.41. The zero-order chi connectivity index (χ0) is 20.4. The standard InChI is InChI=1S/C21H20N2O5S/c1-14-22(18(24)16-9-5-6-10-17(16)28-14)11-12-27-19-20(25)29-21(26)23(19)13-15-7-3-2-4-8-15/h2-10,14,19H,11-13H2,1H3. The molecule has 0 aliphatic carbocycles. The van der Waals surface area contributed by atoms with E-state index >= 15 is 0 Å². The Hall–Kier alpha value is -2.84. The minimum Gasteiger partial charge on any atom is -0.470 e. The van der Waals surface area contributed by atoms with Crippen LogP contribution in [0.1, 0.15) is 22.8 Å². The first-order valence-corrected chi connectivity index (χ1v) is 10.1. The van der Waals surface area contributed by atoms with E-state index in [9.17, 15) is 14.4 Å². The largest absolute Gasteiger partial charge is 0.470 e. The predicted octanol–water partition coefficient (Wildman–Crippen LogP) is 3.11. The lowest BCUT2D eigenvalue weighted by Gasteiger charge is -2.35. The average Bonchev–Trinajstić information content (AvgIpc) is 2.98. The second-order valence-electron chi connectivity index (χ2n) is 6.74. The molecule has 0 aromatic heterocycles. The van der Waals surface area contributed by atoms with E-state index in [-0.39, 0.29) is 29.4 Å². The third-order valence-corrected chi connectivity index (χ3v) is 5.64. The van der Waals surface area contributed by atoms with E-state index in [1.807, 2.05) is 36.4 Å². The topological polar surface area (TPSA) is 76.1 Å². The molecule has 4 rings (SSSR count). The molecule has 2 atom stereocenters. The number of ether oxygens (including phenoxy) is 2. The van der Waals surface area contributed by atoms with Crippen molar-refractivity contribution >= 4 is 28.0 Å². The van der Waals surface area contributed by atoms with Gasteiger partial charge in [-0.25, -0.2) is 0 Å². The van der Waals surface area contributed by atoms with Crippen molar-refractivity contribution in [2.45, 2.75) is 25.9 Å². The summed E-state index contributed by atoms with van der Waals surface area (Å²) in [5.41, 5.74) is 1.41. The van der Waals surface area contributed by atoms with E-state index in [1.54, 1.807) is 30.0 Å². The van der Waals surface area contributed by atoms with Gasteiger partial charge in [0.05, 0.1) is 12.2 Å². The van der Waals surface area contributed by atoms with Gasteiger partial charge in [-0.05, 0) is 24.6 Å². The summed E-state index contributed by atoms with van der Waals surface area (Å²) in [6, 6.07) is 16.5. The SMILES string of the molecule is CC1Oc2ccccc2C(=O)N1CCOC1C(=O)SC(=O)N1Cc1ccccc1. The minimum absolute atomic E-state index is 0.108. The number of rotatable bonds is 6. The Balaban J connectivity index is 1.39. The smallest absolute Gasteiger partial charge is 0.292 e. The second-order valence-corrected chi connectivity index (χ2v) is 7.69. The zero-order valence-corrected chi connectivity index (χ0v) is 16.6. The van der Waals surface area contributed by atoms with Gasteiger partial charge in [0.15, 0.2) is 6.23 Å². The van der Waals surface area contributed by atoms with Crippen molar-refractivity contribution in [3.05, 3.63) is 65.7 Å². The summed E-state index contributed by atoms with van der Waals surface area (Å²) in [6.45, 7) is 2.43. The van der Waals surface area contributed by atoms with Crippen molar-refractivity contribution in [1.29, 1.82) is 0 Å². The number of nitrogens with zero attached hydrogens (tertiary/aromatic N) is 2. The Morgan fingerprint density at radius 2 is 1.72 bits per heavy atom. The molecule has 0 spiro atoms. The molecule has 8 heteroatoms. The van der Waals surface area contributed by atoms with Crippen molar-refractivity contribution in [2.75, 3.05) is 13.2 Å². The number of hydrogen-bond donors (Lipinski definition) is 0. The van der Waals surface area contributed by atoms with Gasteiger partial charge in [0.25, 0.3) is 11.1 Å². The first kappa shape index (κ1) is 19.5. The van der Waals surface area contributed by atoms with Crippen molar-refractivity contribution in [1.82, 2.24) is 9.80 Å². The van der Waals surface area contributed by atoms with Crippen LogP contribution in [0.3, 0.4) is 0 Å². The molecule has 7 nitrogen and oxygen atoms in total. The Bertz CT molecular complexity index is 936. The van der Waals surface area contributed by atoms with Crippen LogP contribution in [-0.4, -0.2) is 51.7 Å². The number of carbonyl (C=O) groups is 3. The molecular weight excluding hydrogens is 392 g/mol. The van der Waals surface area contributed by atoms with E-state index in [0.717, 1.165) is 5.56 Å². The molecule has 29 heavy (non-hydrogen) atoms. The number of amides is 2. The van der Waals surface area contributed by atoms with Gasteiger partial charge in [-0.3, -0.25) is 19.3 Å². The van der Waals surface area contributed by atoms with Crippen LogP contribution in [0.4, 0.5) is 4.79 Å². The van der Waals surface area contributed by atoms with Crippen molar-refractivity contribution in [2.24, 2.45) is 0 Å². The Labute approximate surface area is 172 Å². The molecule has 2 aliphatic rings. The maximum Gasteiger partial charge on any atom is 0.292 e. The maximum absolute atomic E-state index is 12.7. The van der Waals surface area contributed by atoms with Gasteiger partial charge in [0.1, 0.15) is 5.75 Å². The Morgan fingerprint density at radius 1 is 1.00 bits per heavy atom. The highest BCUT2D eigenvalue weighted by Crippen LogP contribution is 2.29. The molecule has 0 radical (unpaired) electrons. The van der Waals surface area contributed by atoms with Crippen LogP contribution in [0.25, 0.3) is 0 Å². The fourth-order valence-corrected chi connectivity index (χ4v) is 4.11. The van der Waals surface area contributed by atoms with E-state index in [1.165, 1.54) is 4.90 Å². The molecule has 2 heterocycles. The summed E-state index contributed by atoms with van der Waals surface area (Å²) in [5.74, 6) is 0.413. The third kappa shape index (κ3) is 3.99. The molecule has 2 amide bonds. The normalized spacial score (nSPS) is 21.3. The molecule has 0 N–H and O–H groups in total. The summed E-state index contributed by atoms with van der Waals surface area (Å²) in [5, 5.41) is -0.672. The molecular formula is C21H20N2O5S. The minimum atomic E-state index is -0.962. The second kappa shape index (κ2) is 8.26. The number of fused-ring (bicyclic) bond motifs is 1. The molecule has 2 aliphatic heterocycles. The van der Waals surface area contributed by atoms with Crippen LogP contribution in [-0.2, 0) is 16.1 Å². The molecule has 1 fully saturated rings. The summed E-state index contributed by atoms with van der Waals surface area (Å²) in [6.07, 6.45) is -1.41. The summed E-state index contributed by atoms with van der Waals surface area (Å²) >= 11 is 0.652. The quantitative estimate of drug-likeness (QED) is 0.726. The van der Waals surface area contributed by atoms with E-state index in [4.69, 9.17) is 9.47 Å². The Kier molecular flexibility index (Phi) is 5.55. The van der Waals surface area contributed by atoms with Gasteiger partial charge < -0.3 is 14.4 Å². The van der Waals surface area contributed by atoms with Gasteiger partial charge in [-0.1, -0.05) is 42.5 Å². The molecule has 2 aromatic carbocycles. The Morgan fingerprint density at radius 3 is 2.52 bits per heavy atom. The van der Waals surface area contributed by atoms with Crippen LogP contribution in [0.5, 0.6) is 5.75 Å². The van der Waals surface area contributed by atoms with Crippen LogP contribution >= 0.6 is 11.8 Å². The van der Waals surface area contributed by atoms with Crippen LogP contribution < -0.4 is 4.74 Å². The van der Waals surface area contributed by atoms with Crippen molar-refractivity contribution in [3.63, 3.8) is 0 Å². The first-order valence-electron chi connectivity index (χ1n) is 9.29. The van der Waals surface area contributed by atoms with Gasteiger partial charge in [0, 0.05) is 24.9 Å². The molecule has 1 saturated heterocycles. The third-order valence-electron chi connectivity index (χ3n) is 4.83. The molecule has 0 bridgehead atoms. The first-order chi connectivity index (χ1) is 14.0. The fraction of sp³-hybridized carbons (Fsp3) is 0.286. The average molecular weight is 412 g/mol. The van der Waals surface area contributed by atoms with E-state index < -0.39 is 12.5 Å². The van der Waals surface area contributed by atoms with Crippen molar-refractivity contribution in [3.8, 4) is 5.75 Å². The fourth-order valence-electron chi connectivity index (χ4n) is 3.36. The molecule has 150 valence electrons. The maximum atomic E-state index is 12.7. The summed E-state index contributed by atoms with van der Waals surface area (Å²) < 4.78 is 11.5. The van der Waals surface area contributed by atoms with Gasteiger partial charge in [0.2, 0.25) is 11.3 Å². The lowest BCUT2D eigenvalue weighted by atomic mass is 10.1. The summed E-state index contributed by atoms with van der Waals surface area (Å²) in [4.78, 5) is 40.1. The molecule has 0 saturated carbocycles. The lowest BCUT2D eigenvalue weighted by molar-refractivity contribution is -0.130. The van der Waals surface area contributed by atoms with Crippen LogP contribution in [0, 0.1) is 0 Å². The number of benzene rings is 2. The number of carbonyl (C=O) groups excluding carboxylic acids is 3. The van der Waals surface area contributed by atoms with Crippen LogP contribution in [0.15, 0.2) is 54.6 Å². The number of hydrogen-bond acceptors (Lipinski definition) is 6. The predicted molar refractivity (Wildman–Crippen MR) is 107 cm³/mol. The van der Waals surface area contributed by atoms with Crippen molar-refractivity contribution < 1.29 is 23.9 Å². The monoisotopic (exact) mass is 412 g/mol. The highest BCUT2D eigenvalue weighted by molar-refractivity contribution is 8.26. The van der Waals surface area contributed by atoms with Crippen LogP contribution in [0.2, 0.25) is 0 Å². The number of thioether (sulfide) groups is 1. The zero-order valence-electron chi connectivity index (χ0n) is 15.8.